The van der Waals surface area contributed by atoms with Crippen LogP contribution in [0.5, 0.6) is 0 Å². The third kappa shape index (κ3) is 12.3. The van der Waals surface area contributed by atoms with Gasteiger partial charge in [-0.1, -0.05) is 6.92 Å². The average molecular weight is 681 g/mol. The highest BCUT2D eigenvalue weighted by atomic mass is 16.5. The second kappa shape index (κ2) is 18.4. The number of carbonyl (C=O) groups excluding carboxylic acids is 4. The van der Waals surface area contributed by atoms with Gasteiger partial charge in [0.25, 0.3) is 17.9 Å². The molecule has 3 aromatic rings. The van der Waals surface area contributed by atoms with E-state index in [4.69, 9.17) is 16.2 Å². The Labute approximate surface area is 280 Å². The Kier molecular flexibility index (Phi) is 14.1. The van der Waals surface area contributed by atoms with Gasteiger partial charge >= 0.3 is 5.97 Å². The number of hydrogen-bond donors (Lipinski definition) is 7. The first-order valence-corrected chi connectivity index (χ1v) is 15.4. The molecule has 2 aromatic heterocycles. The van der Waals surface area contributed by atoms with Crippen molar-refractivity contribution < 1.29 is 33.8 Å². The summed E-state index contributed by atoms with van der Waals surface area (Å²) in [5, 5.41) is 17.7. The number of ether oxygens (including phenoxy) is 1. The second-order valence-corrected chi connectivity index (χ2v) is 11.3. The second-order valence-electron chi connectivity index (χ2n) is 11.3. The summed E-state index contributed by atoms with van der Waals surface area (Å²) in [7, 11) is 0. The molecule has 18 heteroatoms. The van der Waals surface area contributed by atoms with E-state index < -0.39 is 35.4 Å². The molecule has 0 saturated heterocycles. The van der Waals surface area contributed by atoms with E-state index in [0.717, 1.165) is 0 Å². The van der Waals surface area contributed by atoms with Crippen LogP contribution in [0.15, 0.2) is 40.2 Å². The van der Waals surface area contributed by atoms with Gasteiger partial charge in [-0.2, -0.15) is 0 Å². The number of carboxylic acid groups (broad SMARTS) is 1. The SMILES string of the molecule is Cc1nc2ncc(CNc3ccc(C(=O)NC(CCC(=O)NC(COC=O)C(=O)CC(C)CCCN=C(N)N)C(=O)O)cc3)nc2c(=O)[nH]1. The van der Waals surface area contributed by atoms with Gasteiger partial charge in [0.15, 0.2) is 22.9 Å². The number of aliphatic imine (C=N–C) groups is 1. The summed E-state index contributed by atoms with van der Waals surface area (Å²) >= 11 is 0. The maximum absolute atomic E-state index is 12.8. The molecular formula is C31H40N10O8. The molecule has 0 spiro atoms. The van der Waals surface area contributed by atoms with Crippen LogP contribution >= 0.6 is 0 Å². The summed E-state index contributed by atoms with van der Waals surface area (Å²) in [6, 6.07) is 3.65. The van der Waals surface area contributed by atoms with E-state index >= 15 is 0 Å². The van der Waals surface area contributed by atoms with Crippen LogP contribution in [0.2, 0.25) is 0 Å². The van der Waals surface area contributed by atoms with Gasteiger partial charge in [-0.25, -0.2) is 19.7 Å². The van der Waals surface area contributed by atoms with Crippen LogP contribution in [0.1, 0.15) is 60.9 Å². The number of aromatic amines is 1. The van der Waals surface area contributed by atoms with Crippen molar-refractivity contribution in [2.45, 2.75) is 64.6 Å². The van der Waals surface area contributed by atoms with Crippen molar-refractivity contribution >= 4 is 52.8 Å². The third-order valence-corrected chi connectivity index (χ3v) is 7.22. The van der Waals surface area contributed by atoms with E-state index in [1.165, 1.54) is 18.3 Å². The Balaban J connectivity index is 1.51. The van der Waals surface area contributed by atoms with E-state index in [1.54, 1.807) is 19.1 Å². The summed E-state index contributed by atoms with van der Waals surface area (Å²) < 4.78 is 4.72. The topological polar surface area (TPSA) is 287 Å². The molecule has 3 atom stereocenters. The summed E-state index contributed by atoms with van der Waals surface area (Å²) in [6.45, 7) is 3.89. The minimum atomic E-state index is -1.41. The van der Waals surface area contributed by atoms with Crippen molar-refractivity contribution in [2.75, 3.05) is 18.5 Å². The van der Waals surface area contributed by atoms with Gasteiger partial charge in [-0.15, -0.1) is 0 Å². The number of H-pyrrole nitrogens is 1. The molecule has 0 radical (unpaired) electrons. The van der Waals surface area contributed by atoms with Gasteiger partial charge in [0.05, 0.1) is 18.4 Å². The number of carboxylic acids is 1. The zero-order valence-electron chi connectivity index (χ0n) is 27.1. The molecular weight excluding hydrogens is 640 g/mol. The molecule has 2 heterocycles. The lowest BCUT2D eigenvalue weighted by molar-refractivity contribution is -0.140. The Morgan fingerprint density at radius 2 is 1.82 bits per heavy atom. The molecule has 3 rings (SSSR count). The summed E-state index contributed by atoms with van der Waals surface area (Å²) in [5.74, 6) is -2.72. The molecule has 0 aliphatic carbocycles. The molecule has 3 unspecified atom stereocenters. The minimum Gasteiger partial charge on any atom is -0.480 e. The van der Waals surface area contributed by atoms with E-state index in [1.807, 2.05) is 6.92 Å². The highest BCUT2D eigenvalue weighted by Crippen LogP contribution is 2.14. The fraction of sp³-hybridized carbons (Fsp3) is 0.419. The zero-order chi connectivity index (χ0) is 35.9. The Morgan fingerprint density at radius 3 is 2.49 bits per heavy atom. The normalized spacial score (nSPS) is 12.6. The van der Waals surface area contributed by atoms with Crippen molar-refractivity contribution in [3.8, 4) is 0 Å². The van der Waals surface area contributed by atoms with Gasteiger partial charge in [0, 0.05) is 30.6 Å². The van der Waals surface area contributed by atoms with Crippen LogP contribution < -0.4 is 33.0 Å². The largest absolute Gasteiger partial charge is 0.480 e. The molecule has 18 nitrogen and oxygen atoms in total. The van der Waals surface area contributed by atoms with Crippen LogP contribution in [0.3, 0.4) is 0 Å². The van der Waals surface area contributed by atoms with Crippen molar-refractivity contribution in [2.24, 2.45) is 22.4 Å². The lowest BCUT2D eigenvalue weighted by Gasteiger charge is -2.20. The van der Waals surface area contributed by atoms with Gasteiger partial charge in [0.1, 0.15) is 24.5 Å². The molecule has 9 N–H and O–H groups in total. The van der Waals surface area contributed by atoms with Crippen LogP contribution in [-0.4, -0.2) is 86.3 Å². The number of aliphatic carboxylic acids is 1. The van der Waals surface area contributed by atoms with E-state index in [0.29, 0.717) is 36.6 Å². The van der Waals surface area contributed by atoms with Crippen molar-refractivity contribution in [3.63, 3.8) is 0 Å². The number of fused-ring (bicyclic) bond motifs is 1. The Bertz CT molecular complexity index is 1720. The lowest BCUT2D eigenvalue weighted by Crippen LogP contribution is -2.46. The summed E-state index contributed by atoms with van der Waals surface area (Å²) in [5.41, 5.74) is 11.8. The van der Waals surface area contributed by atoms with Crippen LogP contribution in [0.25, 0.3) is 11.2 Å². The number of rotatable bonds is 20. The molecule has 0 saturated carbocycles. The standard InChI is InChI=1S/C31H40N10O8/c1-17(4-3-11-34-31(32)33)12-24(43)23(15-49-16-42)40-25(44)10-9-22(30(47)48)41-28(45)19-5-7-20(8-6-19)35-13-21-14-36-27-26(39-21)29(46)38-18(2)37-27/h5-8,14,16-17,22-23,35H,3-4,9-13,15H2,1-2H3,(H,40,44)(H,41,45)(H,47,48)(H4,32,33,34)(H,36,37,38,46). The molecule has 1 aromatic carbocycles. The zero-order valence-corrected chi connectivity index (χ0v) is 27.1. The number of carbonyl (C=O) groups is 5. The van der Waals surface area contributed by atoms with E-state index in [9.17, 15) is 33.9 Å². The maximum atomic E-state index is 12.8. The minimum absolute atomic E-state index is 0.0236. The average Bonchev–Trinajstić information content (AvgIpc) is 3.05. The molecule has 0 bridgehead atoms. The van der Waals surface area contributed by atoms with E-state index in [-0.39, 0.29) is 73.3 Å². The number of ketones is 1. The van der Waals surface area contributed by atoms with Crippen LogP contribution in [-0.2, 0) is 30.5 Å². The number of nitrogens with one attached hydrogen (secondary N) is 4. The number of guanidine groups is 1. The number of nitrogens with two attached hydrogens (primary N) is 2. The van der Waals surface area contributed by atoms with E-state index in [2.05, 4.69) is 40.9 Å². The number of aryl methyl sites for hydroxylation is 1. The highest BCUT2D eigenvalue weighted by Gasteiger charge is 2.26. The number of benzene rings is 1. The van der Waals surface area contributed by atoms with Crippen LogP contribution in [0, 0.1) is 12.8 Å². The van der Waals surface area contributed by atoms with Gasteiger partial charge in [-0.3, -0.25) is 29.0 Å². The number of hydrogen-bond acceptors (Lipinski definition) is 12. The molecule has 262 valence electrons. The predicted octanol–water partition coefficient (Wildman–Crippen LogP) is -0.0965. The monoisotopic (exact) mass is 680 g/mol. The Morgan fingerprint density at radius 1 is 1.08 bits per heavy atom. The molecule has 0 aliphatic heterocycles. The van der Waals surface area contributed by atoms with Crippen molar-refractivity contribution in [1.29, 1.82) is 0 Å². The smallest absolute Gasteiger partial charge is 0.326 e. The molecule has 0 fully saturated rings. The molecule has 2 amide bonds. The number of nitrogens with zero attached hydrogens (tertiary/aromatic N) is 4. The van der Waals surface area contributed by atoms with Crippen LogP contribution in [0.4, 0.5) is 5.69 Å². The first kappa shape index (κ1) is 37.5. The fourth-order valence-electron chi connectivity index (χ4n) is 4.71. The van der Waals surface area contributed by atoms with Gasteiger partial charge in [0.2, 0.25) is 5.91 Å². The van der Waals surface area contributed by atoms with Gasteiger partial charge in [-0.05, 0) is 56.4 Å². The van der Waals surface area contributed by atoms with Gasteiger partial charge < -0.3 is 42.2 Å². The Hall–Kier alpha value is -5.94. The number of amides is 2. The number of anilines is 1. The predicted molar refractivity (Wildman–Crippen MR) is 177 cm³/mol. The molecule has 0 aliphatic rings. The highest BCUT2D eigenvalue weighted by molar-refractivity contribution is 5.97. The third-order valence-electron chi connectivity index (χ3n) is 7.22. The fourth-order valence-corrected chi connectivity index (χ4v) is 4.71. The lowest BCUT2D eigenvalue weighted by atomic mass is 9.96. The van der Waals surface area contributed by atoms with Crippen molar-refractivity contribution in [3.05, 3.63) is 57.9 Å². The first-order valence-electron chi connectivity index (χ1n) is 15.4. The maximum Gasteiger partial charge on any atom is 0.326 e. The summed E-state index contributed by atoms with van der Waals surface area (Å²) in [6.07, 6.45) is 2.26. The number of Topliss-reactive ketones (excluding diaryl/α,β-unsaturated/α-hetero) is 1. The quantitative estimate of drug-likeness (QED) is 0.0355. The summed E-state index contributed by atoms with van der Waals surface area (Å²) in [4.78, 5) is 92.2. The number of aromatic nitrogens is 4. The first-order chi connectivity index (χ1) is 23.4. The molecule has 49 heavy (non-hydrogen) atoms. The van der Waals surface area contributed by atoms with Crippen molar-refractivity contribution in [1.82, 2.24) is 30.6 Å².